The Labute approximate surface area is 70.0 Å². The molecule has 0 aliphatic heterocycles. The van der Waals surface area contributed by atoms with Crippen LogP contribution < -0.4 is 5.32 Å². The third-order valence-electron chi connectivity index (χ3n) is 0.903. The van der Waals surface area contributed by atoms with Crippen molar-refractivity contribution >= 4 is 22.7 Å². The summed E-state index contributed by atoms with van der Waals surface area (Å²) in [6, 6.07) is 0. The van der Waals surface area contributed by atoms with Crippen LogP contribution in [0.1, 0.15) is 13.8 Å². The number of thioether (sulfide) groups is 1. The standard InChI is InChI=1S/C6H12N2O2S/c1-3-7-5(9)6(8-10)11-4-2/h10H,3-4H2,1-2H3,(H,7,9)/b8-6-. The molecule has 5 heteroatoms. The average molecular weight is 176 g/mol. The molecular weight excluding hydrogens is 164 g/mol. The van der Waals surface area contributed by atoms with Crippen LogP contribution >= 0.6 is 11.8 Å². The summed E-state index contributed by atoms with van der Waals surface area (Å²) in [5.74, 6) is 0.401. The first-order chi connectivity index (χ1) is 5.26. The highest BCUT2D eigenvalue weighted by atomic mass is 32.2. The second-order valence-electron chi connectivity index (χ2n) is 1.70. The van der Waals surface area contributed by atoms with E-state index in [4.69, 9.17) is 5.21 Å². The maximum absolute atomic E-state index is 10.9. The van der Waals surface area contributed by atoms with E-state index in [0.29, 0.717) is 6.54 Å². The van der Waals surface area contributed by atoms with Crippen molar-refractivity contribution in [1.82, 2.24) is 5.32 Å². The van der Waals surface area contributed by atoms with Gasteiger partial charge in [0.2, 0.25) is 0 Å². The zero-order valence-corrected chi connectivity index (χ0v) is 7.44. The lowest BCUT2D eigenvalue weighted by atomic mass is 10.6. The molecule has 64 valence electrons. The van der Waals surface area contributed by atoms with Crippen LogP contribution in [0, 0.1) is 0 Å². The topological polar surface area (TPSA) is 61.7 Å². The summed E-state index contributed by atoms with van der Waals surface area (Å²) in [4.78, 5) is 10.9. The highest BCUT2D eigenvalue weighted by molar-refractivity contribution is 8.15. The minimum atomic E-state index is -0.318. The molecule has 0 aromatic carbocycles. The predicted molar refractivity (Wildman–Crippen MR) is 46.0 cm³/mol. The summed E-state index contributed by atoms with van der Waals surface area (Å²) in [5, 5.41) is 13.9. The number of nitrogens with zero attached hydrogens (tertiary/aromatic N) is 1. The molecule has 0 aromatic heterocycles. The average Bonchev–Trinajstić information content (AvgIpc) is 2.00. The van der Waals surface area contributed by atoms with Crippen LogP contribution in [0.25, 0.3) is 0 Å². The van der Waals surface area contributed by atoms with Crippen LogP contribution in [-0.2, 0) is 4.79 Å². The molecule has 0 aromatic rings. The molecule has 0 rings (SSSR count). The van der Waals surface area contributed by atoms with E-state index < -0.39 is 0 Å². The minimum Gasteiger partial charge on any atom is -0.410 e. The van der Waals surface area contributed by atoms with E-state index in [1.54, 1.807) is 0 Å². The predicted octanol–water partition coefficient (Wildman–Crippen LogP) is 0.663. The molecule has 0 radical (unpaired) electrons. The van der Waals surface area contributed by atoms with Crippen LogP contribution in [0.4, 0.5) is 0 Å². The molecule has 0 saturated carbocycles. The van der Waals surface area contributed by atoms with Crippen LogP contribution in [0.2, 0.25) is 0 Å². The summed E-state index contributed by atoms with van der Waals surface area (Å²) < 4.78 is 0. The molecule has 0 unspecified atom stereocenters. The molecule has 0 bridgehead atoms. The number of carbonyl (C=O) groups excluding carboxylic acids is 1. The summed E-state index contributed by atoms with van der Waals surface area (Å²) in [5.41, 5.74) is 0. The van der Waals surface area contributed by atoms with Gasteiger partial charge in [0.1, 0.15) is 0 Å². The van der Waals surface area contributed by atoms with Gasteiger partial charge in [-0.3, -0.25) is 4.79 Å². The van der Waals surface area contributed by atoms with Gasteiger partial charge in [0, 0.05) is 6.54 Å². The fraction of sp³-hybridized carbons (Fsp3) is 0.667. The number of nitrogens with one attached hydrogen (secondary N) is 1. The monoisotopic (exact) mass is 176 g/mol. The lowest BCUT2D eigenvalue weighted by Crippen LogP contribution is -2.29. The Bertz CT molecular complexity index is 159. The Kier molecular flexibility index (Phi) is 5.64. The molecule has 0 saturated heterocycles. The molecule has 1 amide bonds. The molecule has 0 aliphatic carbocycles. The lowest BCUT2D eigenvalue weighted by molar-refractivity contribution is -0.114. The third-order valence-corrected chi connectivity index (χ3v) is 1.73. The van der Waals surface area contributed by atoms with E-state index in [9.17, 15) is 4.79 Å². The van der Waals surface area contributed by atoms with E-state index in [1.807, 2.05) is 13.8 Å². The second-order valence-corrected chi connectivity index (χ2v) is 2.95. The first-order valence-corrected chi connectivity index (χ1v) is 4.37. The fourth-order valence-electron chi connectivity index (χ4n) is 0.513. The van der Waals surface area contributed by atoms with Crippen molar-refractivity contribution in [3.05, 3.63) is 0 Å². The van der Waals surface area contributed by atoms with Gasteiger partial charge in [-0.1, -0.05) is 23.8 Å². The number of hydrogen-bond acceptors (Lipinski definition) is 4. The van der Waals surface area contributed by atoms with Gasteiger partial charge in [0.05, 0.1) is 0 Å². The van der Waals surface area contributed by atoms with Crippen molar-refractivity contribution in [2.24, 2.45) is 5.16 Å². The second kappa shape index (κ2) is 6.03. The van der Waals surface area contributed by atoms with E-state index >= 15 is 0 Å². The highest BCUT2D eigenvalue weighted by Crippen LogP contribution is 2.02. The highest BCUT2D eigenvalue weighted by Gasteiger charge is 2.09. The SMILES string of the molecule is CCNC(=O)/C(=N/O)SCC. The number of oxime groups is 1. The summed E-state index contributed by atoms with van der Waals surface area (Å²) in [7, 11) is 0. The van der Waals surface area contributed by atoms with Gasteiger partial charge in [0.25, 0.3) is 5.91 Å². The Morgan fingerprint density at radius 2 is 2.27 bits per heavy atom. The van der Waals surface area contributed by atoms with Crippen molar-refractivity contribution < 1.29 is 10.0 Å². The van der Waals surface area contributed by atoms with Crippen molar-refractivity contribution in [3.63, 3.8) is 0 Å². The third kappa shape index (κ3) is 3.87. The minimum absolute atomic E-state index is 0.120. The number of amides is 1. The molecule has 0 aliphatic rings. The molecular formula is C6H12N2O2S. The number of hydrogen-bond donors (Lipinski definition) is 2. The quantitative estimate of drug-likeness (QED) is 0.281. The van der Waals surface area contributed by atoms with Crippen molar-refractivity contribution in [2.45, 2.75) is 13.8 Å². The van der Waals surface area contributed by atoms with Gasteiger partial charge in [-0.15, -0.1) is 0 Å². The maximum atomic E-state index is 10.9. The Balaban J connectivity index is 3.94. The van der Waals surface area contributed by atoms with Gasteiger partial charge in [-0.25, -0.2) is 0 Å². The van der Waals surface area contributed by atoms with Gasteiger partial charge in [0.15, 0.2) is 5.04 Å². The molecule has 0 spiro atoms. The van der Waals surface area contributed by atoms with Gasteiger partial charge in [-0.2, -0.15) is 0 Å². The zero-order chi connectivity index (χ0) is 8.69. The first kappa shape index (κ1) is 10.3. The van der Waals surface area contributed by atoms with Crippen molar-refractivity contribution in [1.29, 1.82) is 0 Å². The van der Waals surface area contributed by atoms with Gasteiger partial charge >= 0.3 is 0 Å². The van der Waals surface area contributed by atoms with Crippen molar-refractivity contribution in [3.8, 4) is 0 Å². The largest absolute Gasteiger partial charge is 0.410 e. The molecule has 0 atom stereocenters. The molecule has 11 heavy (non-hydrogen) atoms. The molecule has 2 N–H and O–H groups in total. The molecule has 4 nitrogen and oxygen atoms in total. The normalized spacial score (nSPS) is 11.3. The van der Waals surface area contributed by atoms with Gasteiger partial charge in [-0.05, 0) is 12.7 Å². The fourth-order valence-corrected chi connectivity index (χ4v) is 1.05. The summed E-state index contributed by atoms with van der Waals surface area (Å²) in [6.07, 6.45) is 0. The number of carbonyl (C=O) groups is 1. The van der Waals surface area contributed by atoms with Crippen LogP contribution in [0.3, 0.4) is 0 Å². The Morgan fingerprint density at radius 3 is 2.64 bits per heavy atom. The van der Waals surface area contributed by atoms with Crippen LogP contribution in [0.15, 0.2) is 5.16 Å². The van der Waals surface area contributed by atoms with E-state index in [0.717, 1.165) is 5.75 Å². The maximum Gasteiger partial charge on any atom is 0.279 e. The number of rotatable bonds is 2. The van der Waals surface area contributed by atoms with Crippen LogP contribution in [0.5, 0.6) is 0 Å². The Hall–Kier alpha value is -0.710. The van der Waals surface area contributed by atoms with Gasteiger partial charge < -0.3 is 10.5 Å². The first-order valence-electron chi connectivity index (χ1n) is 3.39. The molecule has 0 heterocycles. The van der Waals surface area contributed by atoms with E-state index in [-0.39, 0.29) is 11.0 Å². The zero-order valence-electron chi connectivity index (χ0n) is 6.63. The lowest BCUT2D eigenvalue weighted by Gasteiger charge is -2.00. The Morgan fingerprint density at radius 1 is 1.64 bits per heavy atom. The summed E-state index contributed by atoms with van der Waals surface area (Å²) >= 11 is 1.21. The smallest absolute Gasteiger partial charge is 0.279 e. The van der Waals surface area contributed by atoms with Crippen LogP contribution in [-0.4, -0.2) is 28.5 Å². The summed E-state index contributed by atoms with van der Waals surface area (Å²) in [6.45, 7) is 4.24. The van der Waals surface area contributed by atoms with E-state index in [2.05, 4.69) is 10.5 Å². The van der Waals surface area contributed by atoms with Crippen molar-refractivity contribution in [2.75, 3.05) is 12.3 Å². The van der Waals surface area contributed by atoms with E-state index in [1.165, 1.54) is 11.8 Å². The molecule has 0 fully saturated rings.